The Balaban J connectivity index is 3.13. The van der Waals surface area contributed by atoms with E-state index < -0.39 is 66.9 Å². The van der Waals surface area contributed by atoms with Crippen molar-refractivity contribution in [2.45, 2.75) is 63.7 Å². The number of carboxylic acid groups (broad SMARTS) is 2. The van der Waals surface area contributed by atoms with Crippen molar-refractivity contribution in [1.29, 1.82) is 0 Å². The average Bonchev–Trinajstić information content (AvgIpc) is 2.80. The van der Waals surface area contributed by atoms with Gasteiger partial charge in [-0.05, 0) is 24.3 Å². The van der Waals surface area contributed by atoms with Gasteiger partial charge >= 0.3 is 11.9 Å². The average molecular weight is 495 g/mol. The number of carboxylic acids is 2. The maximum Gasteiger partial charge on any atom is 0.326 e. The van der Waals surface area contributed by atoms with E-state index in [1.54, 1.807) is 44.2 Å². The molecule has 0 aliphatic carbocycles. The number of nitrogens with one attached hydrogen (secondary N) is 3. The van der Waals surface area contributed by atoms with Crippen molar-refractivity contribution in [3.05, 3.63) is 35.9 Å². The molecule has 194 valence electrons. The SMILES string of the molecule is CC(C)CC(NC(=O)C(Cc1ccccc1)NC(=O)C(CCC(=O)O)NC(=O)C(N)CO)C(=O)O. The fourth-order valence-corrected chi connectivity index (χ4v) is 3.19. The van der Waals surface area contributed by atoms with Crippen molar-refractivity contribution in [1.82, 2.24) is 16.0 Å². The van der Waals surface area contributed by atoms with Crippen LogP contribution in [0.15, 0.2) is 30.3 Å². The van der Waals surface area contributed by atoms with Gasteiger partial charge in [0, 0.05) is 12.8 Å². The Morgan fingerprint density at radius 2 is 1.40 bits per heavy atom. The number of carbonyl (C=O) groups excluding carboxylic acids is 3. The highest BCUT2D eigenvalue weighted by Crippen LogP contribution is 2.09. The molecule has 0 fully saturated rings. The minimum absolute atomic E-state index is 0.0161. The lowest BCUT2D eigenvalue weighted by molar-refractivity contribution is -0.142. The van der Waals surface area contributed by atoms with E-state index in [0.29, 0.717) is 5.56 Å². The van der Waals surface area contributed by atoms with Crippen molar-refractivity contribution in [3.63, 3.8) is 0 Å². The topological polar surface area (TPSA) is 208 Å². The Kier molecular flexibility index (Phi) is 12.4. The Labute approximate surface area is 203 Å². The number of benzene rings is 1. The molecule has 0 saturated heterocycles. The molecule has 0 bridgehead atoms. The van der Waals surface area contributed by atoms with Crippen molar-refractivity contribution >= 4 is 29.7 Å². The lowest BCUT2D eigenvalue weighted by atomic mass is 10.0. The molecule has 0 aliphatic rings. The molecule has 35 heavy (non-hydrogen) atoms. The van der Waals surface area contributed by atoms with E-state index in [0.717, 1.165) is 0 Å². The number of amides is 3. The van der Waals surface area contributed by atoms with E-state index in [2.05, 4.69) is 16.0 Å². The van der Waals surface area contributed by atoms with Gasteiger partial charge in [0.25, 0.3) is 0 Å². The molecule has 1 rings (SSSR count). The van der Waals surface area contributed by atoms with Gasteiger partial charge < -0.3 is 37.0 Å². The van der Waals surface area contributed by atoms with E-state index in [9.17, 15) is 29.1 Å². The summed E-state index contributed by atoms with van der Waals surface area (Å²) in [5.74, 6) is -4.92. The number of aliphatic hydroxyl groups is 1. The van der Waals surface area contributed by atoms with Crippen LogP contribution in [0.4, 0.5) is 0 Å². The second-order valence-corrected chi connectivity index (χ2v) is 8.56. The van der Waals surface area contributed by atoms with Crippen LogP contribution in [-0.2, 0) is 30.4 Å². The Morgan fingerprint density at radius 1 is 0.857 bits per heavy atom. The molecular weight excluding hydrogens is 460 g/mol. The van der Waals surface area contributed by atoms with Gasteiger partial charge in [-0.25, -0.2) is 4.79 Å². The Bertz CT molecular complexity index is 878. The van der Waals surface area contributed by atoms with Gasteiger partial charge in [-0.2, -0.15) is 0 Å². The lowest BCUT2D eigenvalue weighted by Crippen LogP contribution is -2.58. The molecule has 0 aromatic heterocycles. The van der Waals surface area contributed by atoms with Crippen LogP contribution in [0.2, 0.25) is 0 Å². The van der Waals surface area contributed by atoms with E-state index in [1.807, 2.05) is 0 Å². The van der Waals surface area contributed by atoms with Crippen molar-refractivity contribution in [2.24, 2.45) is 11.7 Å². The van der Waals surface area contributed by atoms with Crippen molar-refractivity contribution in [3.8, 4) is 0 Å². The van der Waals surface area contributed by atoms with Gasteiger partial charge in [-0.3, -0.25) is 19.2 Å². The third-order valence-corrected chi connectivity index (χ3v) is 5.05. The first-order valence-corrected chi connectivity index (χ1v) is 11.2. The van der Waals surface area contributed by atoms with Crippen LogP contribution in [0.1, 0.15) is 38.7 Å². The fraction of sp³-hybridized carbons (Fsp3) is 0.522. The molecule has 1 aromatic rings. The zero-order valence-corrected chi connectivity index (χ0v) is 19.8. The summed E-state index contributed by atoms with van der Waals surface area (Å²) in [5.41, 5.74) is 6.14. The molecule has 12 heteroatoms. The molecule has 0 radical (unpaired) electrons. The summed E-state index contributed by atoms with van der Waals surface area (Å²) < 4.78 is 0. The van der Waals surface area contributed by atoms with Crippen molar-refractivity contribution < 1.29 is 39.3 Å². The lowest BCUT2D eigenvalue weighted by Gasteiger charge is -2.25. The number of nitrogens with two attached hydrogens (primary N) is 1. The number of aliphatic carboxylic acids is 2. The van der Waals surface area contributed by atoms with E-state index in [1.165, 1.54) is 0 Å². The van der Waals surface area contributed by atoms with Crippen LogP contribution in [0, 0.1) is 5.92 Å². The Hall–Kier alpha value is -3.51. The van der Waals surface area contributed by atoms with Gasteiger partial charge in [0.05, 0.1) is 6.61 Å². The highest BCUT2D eigenvalue weighted by molar-refractivity contribution is 5.94. The summed E-state index contributed by atoms with van der Waals surface area (Å²) in [7, 11) is 0. The number of aliphatic hydroxyl groups excluding tert-OH is 1. The minimum atomic E-state index is -1.35. The fourth-order valence-electron chi connectivity index (χ4n) is 3.19. The number of carbonyl (C=O) groups is 5. The van der Waals surface area contributed by atoms with E-state index in [-0.39, 0.29) is 25.2 Å². The third-order valence-electron chi connectivity index (χ3n) is 5.05. The first kappa shape index (κ1) is 29.5. The predicted molar refractivity (Wildman–Crippen MR) is 125 cm³/mol. The van der Waals surface area contributed by atoms with E-state index in [4.69, 9.17) is 15.9 Å². The van der Waals surface area contributed by atoms with Crippen LogP contribution in [0.3, 0.4) is 0 Å². The van der Waals surface area contributed by atoms with Crippen LogP contribution in [-0.4, -0.2) is 75.8 Å². The molecule has 4 atom stereocenters. The molecule has 0 spiro atoms. The molecule has 3 amide bonds. The normalized spacial score (nSPS) is 14.3. The molecule has 12 nitrogen and oxygen atoms in total. The number of rotatable bonds is 15. The Morgan fingerprint density at radius 3 is 1.91 bits per heavy atom. The van der Waals surface area contributed by atoms with Gasteiger partial charge in [0.15, 0.2) is 0 Å². The molecule has 0 saturated carbocycles. The maximum absolute atomic E-state index is 13.0. The summed E-state index contributed by atoms with van der Waals surface area (Å²) >= 11 is 0. The molecule has 0 aliphatic heterocycles. The molecule has 4 unspecified atom stereocenters. The zero-order chi connectivity index (χ0) is 26.5. The smallest absolute Gasteiger partial charge is 0.326 e. The van der Waals surface area contributed by atoms with Gasteiger partial charge in [0.1, 0.15) is 24.2 Å². The summed E-state index contributed by atoms with van der Waals surface area (Å²) in [5, 5.41) is 34.8. The zero-order valence-electron chi connectivity index (χ0n) is 19.8. The van der Waals surface area contributed by atoms with Crippen LogP contribution < -0.4 is 21.7 Å². The first-order chi connectivity index (χ1) is 16.4. The molecule has 0 heterocycles. The largest absolute Gasteiger partial charge is 0.481 e. The monoisotopic (exact) mass is 494 g/mol. The number of hydrogen-bond donors (Lipinski definition) is 7. The standard InChI is InChI=1S/C23H34N4O8/c1-13(2)10-18(23(34)35)27-22(33)17(11-14-6-4-3-5-7-14)26-21(32)16(8-9-19(29)30)25-20(31)15(24)12-28/h3-7,13,15-18,28H,8-12,24H2,1-2H3,(H,25,31)(H,26,32)(H,27,33)(H,29,30)(H,34,35). The first-order valence-electron chi connectivity index (χ1n) is 11.2. The molecule has 8 N–H and O–H groups in total. The second kappa shape index (κ2) is 14.7. The van der Waals surface area contributed by atoms with Crippen LogP contribution in [0.5, 0.6) is 0 Å². The second-order valence-electron chi connectivity index (χ2n) is 8.56. The maximum atomic E-state index is 13.0. The molecular formula is C23H34N4O8. The van der Waals surface area contributed by atoms with E-state index >= 15 is 0 Å². The summed E-state index contributed by atoms with van der Waals surface area (Å²) in [4.78, 5) is 60.7. The highest BCUT2D eigenvalue weighted by Gasteiger charge is 2.31. The van der Waals surface area contributed by atoms with Crippen LogP contribution in [0.25, 0.3) is 0 Å². The van der Waals surface area contributed by atoms with Gasteiger partial charge in [0.2, 0.25) is 17.7 Å². The predicted octanol–water partition coefficient (Wildman–Crippen LogP) is -1.00. The highest BCUT2D eigenvalue weighted by atomic mass is 16.4. The third kappa shape index (κ3) is 11.0. The summed E-state index contributed by atoms with van der Waals surface area (Å²) in [6.07, 6.45) is -0.570. The summed E-state index contributed by atoms with van der Waals surface area (Å²) in [6.45, 7) is 2.92. The number of hydrogen-bond acceptors (Lipinski definition) is 7. The molecule has 1 aromatic carbocycles. The van der Waals surface area contributed by atoms with Crippen LogP contribution >= 0.6 is 0 Å². The minimum Gasteiger partial charge on any atom is -0.481 e. The van der Waals surface area contributed by atoms with Gasteiger partial charge in [-0.15, -0.1) is 0 Å². The summed E-state index contributed by atoms with van der Waals surface area (Å²) in [6, 6.07) is 3.60. The van der Waals surface area contributed by atoms with Crippen molar-refractivity contribution in [2.75, 3.05) is 6.61 Å². The van der Waals surface area contributed by atoms with Gasteiger partial charge in [-0.1, -0.05) is 44.2 Å². The quantitative estimate of drug-likeness (QED) is 0.159.